The number of rotatable bonds is 18. The molecule has 0 amide bonds. The number of ether oxygens (including phenoxy) is 1. The summed E-state index contributed by atoms with van der Waals surface area (Å²) in [6, 6.07) is 0. The first-order chi connectivity index (χ1) is 12.3. The van der Waals surface area contributed by atoms with Crippen LogP contribution in [0, 0.1) is 6.42 Å². The summed E-state index contributed by atoms with van der Waals surface area (Å²) in [4.78, 5) is 11.6. The van der Waals surface area contributed by atoms with E-state index in [1.54, 1.807) is 0 Å². The Morgan fingerprint density at radius 1 is 0.963 bits per heavy atom. The zero-order chi connectivity index (χ0) is 19.7. The van der Waals surface area contributed by atoms with Gasteiger partial charge in [-0.15, -0.1) is 0 Å². The monoisotopic (exact) mass is 432 g/mol. The summed E-state index contributed by atoms with van der Waals surface area (Å²) in [5.41, 5.74) is 0. The van der Waals surface area contributed by atoms with Crippen LogP contribution in [0.2, 0.25) is 0 Å². The number of esters is 1. The molecule has 0 aromatic rings. The average Bonchev–Trinajstić information content (AvgIpc) is 2.56. The van der Waals surface area contributed by atoms with E-state index < -0.39 is 22.5 Å². The molecule has 0 aromatic heterocycles. The van der Waals surface area contributed by atoms with Gasteiger partial charge >= 0.3 is 61.8 Å². The Bertz CT molecular complexity index is 441. The molecular weight excluding hydrogens is 395 g/mol. The van der Waals surface area contributed by atoms with Gasteiger partial charge in [0.05, 0.1) is 0 Å². The van der Waals surface area contributed by atoms with Gasteiger partial charge in [-0.05, 0) is 6.92 Å². The normalized spacial score (nSPS) is 12.4. The van der Waals surface area contributed by atoms with E-state index in [9.17, 15) is 13.2 Å². The molecule has 1 atom stereocenters. The van der Waals surface area contributed by atoms with E-state index >= 15 is 0 Å². The van der Waals surface area contributed by atoms with Crippen molar-refractivity contribution in [3.63, 3.8) is 0 Å². The molecule has 0 saturated heterocycles. The Balaban J connectivity index is 0. The van der Waals surface area contributed by atoms with E-state index in [4.69, 9.17) is 9.29 Å². The molecule has 8 heteroatoms. The van der Waals surface area contributed by atoms with Crippen molar-refractivity contribution in [3.05, 3.63) is 6.42 Å². The number of unbranched alkanes of at least 4 members (excludes halogenated alkanes) is 12. The van der Waals surface area contributed by atoms with E-state index in [1.807, 2.05) is 6.42 Å². The zero-order valence-electron chi connectivity index (χ0n) is 17.5. The fourth-order valence-corrected chi connectivity index (χ4v) is 3.02. The van der Waals surface area contributed by atoms with Gasteiger partial charge in [-0.2, -0.15) is 14.8 Å². The van der Waals surface area contributed by atoms with E-state index in [-0.39, 0.29) is 64.4 Å². The largest absolute Gasteiger partial charge is 1.00 e. The van der Waals surface area contributed by atoms with Gasteiger partial charge in [0.2, 0.25) is 0 Å². The molecule has 0 aliphatic carbocycles. The smallest absolute Gasteiger partial charge is 0.462 e. The number of hydrogen-bond donors (Lipinski definition) is 1. The second-order valence-electron chi connectivity index (χ2n) is 6.83. The molecule has 0 saturated carbocycles. The Morgan fingerprint density at radius 2 is 1.44 bits per heavy atom. The third-order valence-electron chi connectivity index (χ3n) is 4.11. The molecule has 0 fully saturated rings. The van der Waals surface area contributed by atoms with Crippen molar-refractivity contribution < 1.29 is 78.1 Å². The van der Waals surface area contributed by atoms with Crippen LogP contribution in [0.1, 0.15) is 97.3 Å². The van der Waals surface area contributed by atoms with E-state index in [0.29, 0.717) is 0 Å². The SMILES string of the molecule is CCCCCCCCCCCCC[CH-]CC(=O)OC(C)COS(=O)(=O)O.[K+]. The Labute approximate surface area is 208 Å². The summed E-state index contributed by atoms with van der Waals surface area (Å²) in [6.45, 7) is 3.36. The van der Waals surface area contributed by atoms with Gasteiger partial charge in [0.1, 0.15) is 12.7 Å². The second-order valence-corrected chi connectivity index (χ2v) is 7.92. The average molecular weight is 433 g/mol. The Morgan fingerprint density at radius 3 is 1.93 bits per heavy atom. The maximum atomic E-state index is 11.6. The van der Waals surface area contributed by atoms with Crippen molar-refractivity contribution >= 4 is 16.4 Å². The fraction of sp³-hybridized carbons (Fsp3) is 0.895. The summed E-state index contributed by atoms with van der Waals surface area (Å²) in [7, 11) is -4.50. The third-order valence-corrected chi connectivity index (χ3v) is 4.54. The van der Waals surface area contributed by atoms with Crippen LogP contribution in [0.3, 0.4) is 0 Å². The molecule has 156 valence electrons. The molecular formula is C19H37KO6S. The topological polar surface area (TPSA) is 89.9 Å². The van der Waals surface area contributed by atoms with Crippen LogP contribution in [0.4, 0.5) is 0 Å². The van der Waals surface area contributed by atoms with E-state index in [0.717, 1.165) is 12.8 Å². The standard InChI is InChI=1S/C19H37O6S.K/c1-3-4-5-6-7-8-9-10-11-12-13-14-15-16-19(20)25-18(2)17-24-26(21,22)23;/h15,18H,3-14,16-17H2,1-2H3,(H,21,22,23);/q-1;+1. The van der Waals surface area contributed by atoms with Gasteiger partial charge in [0.25, 0.3) is 5.97 Å². The minimum Gasteiger partial charge on any atom is -0.462 e. The molecule has 0 aromatic carbocycles. The molecule has 0 spiro atoms. The first kappa shape index (κ1) is 30.2. The van der Waals surface area contributed by atoms with Crippen molar-refractivity contribution in [1.82, 2.24) is 0 Å². The fourth-order valence-electron chi connectivity index (χ4n) is 2.66. The molecule has 0 aliphatic heterocycles. The number of hydrogen-bond acceptors (Lipinski definition) is 5. The van der Waals surface area contributed by atoms with Crippen LogP contribution in [-0.2, 0) is 24.1 Å². The summed E-state index contributed by atoms with van der Waals surface area (Å²) >= 11 is 0. The van der Waals surface area contributed by atoms with Gasteiger partial charge in [0, 0.05) is 0 Å². The minimum absolute atomic E-state index is 0. The molecule has 0 heterocycles. The van der Waals surface area contributed by atoms with Crippen LogP contribution in [0.5, 0.6) is 0 Å². The van der Waals surface area contributed by atoms with Gasteiger partial charge in [0.15, 0.2) is 0 Å². The van der Waals surface area contributed by atoms with Crippen LogP contribution < -0.4 is 51.4 Å². The summed E-state index contributed by atoms with van der Waals surface area (Å²) in [5.74, 6) is -0.417. The first-order valence-corrected chi connectivity index (χ1v) is 11.3. The third kappa shape index (κ3) is 24.9. The predicted molar refractivity (Wildman–Crippen MR) is 103 cm³/mol. The summed E-state index contributed by atoms with van der Waals surface area (Å²) in [6.07, 6.45) is 16.5. The van der Waals surface area contributed by atoms with E-state index in [2.05, 4.69) is 11.1 Å². The van der Waals surface area contributed by atoms with Crippen molar-refractivity contribution in [2.75, 3.05) is 6.61 Å². The van der Waals surface area contributed by atoms with Gasteiger partial charge in [-0.3, -0.25) is 9.35 Å². The first-order valence-electron chi connectivity index (χ1n) is 9.98. The van der Waals surface area contributed by atoms with Crippen LogP contribution in [-0.4, -0.2) is 31.7 Å². The predicted octanol–water partition coefficient (Wildman–Crippen LogP) is 2.04. The number of carbonyl (C=O) groups excluding carboxylic acids is 1. The van der Waals surface area contributed by atoms with Crippen molar-refractivity contribution in [3.8, 4) is 0 Å². The van der Waals surface area contributed by atoms with E-state index in [1.165, 1.54) is 71.1 Å². The second kappa shape index (κ2) is 20.3. The quantitative estimate of drug-likeness (QED) is 0.117. The van der Waals surface area contributed by atoms with Gasteiger partial charge in [-0.1, -0.05) is 84.0 Å². The molecule has 1 N–H and O–H groups in total. The molecule has 0 radical (unpaired) electrons. The van der Waals surface area contributed by atoms with Crippen molar-refractivity contribution in [1.29, 1.82) is 0 Å². The molecule has 1 unspecified atom stereocenters. The van der Waals surface area contributed by atoms with Crippen molar-refractivity contribution in [2.45, 2.75) is 103 Å². The van der Waals surface area contributed by atoms with Gasteiger partial charge < -0.3 is 11.2 Å². The zero-order valence-corrected chi connectivity index (χ0v) is 21.4. The molecule has 0 rings (SSSR count). The number of carbonyl (C=O) groups is 1. The van der Waals surface area contributed by atoms with Gasteiger partial charge in [-0.25, -0.2) is 4.18 Å². The maximum absolute atomic E-state index is 11.6. The summed E-state index contributed by atoms with van der Waals surface area (Å²) in [5, 5.41) is 0. The Hall–Kier alpha value is 0.976. The molecule has 6 nitrogen and oxygen atoms in total. The van der Waals surface area contributed by atoms with Crippen molar-refractivity contribution in [2.24, 2.45) is 0 Å². The maximum Gasteiger partial charge on any atom is 1.00 e. The van der Waals surface area contributed by atoms with Crippen LogP contribution in [0.25, 0.3) is 0 Å². The molecule has 0 aliphatic rings. The van der Waals surface area contributed by atoms with Crippen LogP contribution >= 0.6 is 0 Å². The Kier molecular flexibility index (Phi) is 22.6. The summed E-state index contributed by atoms with van der Waals surface area (Å²) < 4.78 is 38.4. The van der Waals surface area contributed by atoms with Crippen LogP contribution in [0.15, 0.2) is 0 Å². The molecule has 0 bridgehead atoms. The minimum atomic E-state index is -4.50. The molecule has 27 heavy (non-hydrogen) atoms.